The summed E-state index contributed by atoms with van der Waals surface area (Å²) < 4.78 is 27.7. The Hall–Kier alpha value is -2.06. The molecule has 1 heterocycles. The van der Waals surface area contributed by atoms with Crippen LogP contribution < -0.4 is 4.72 Å². The zero-order chi connectivity index (χ0) is 17.0. The summed E-state index contributed by atoms with van der Waals surface area (Å²) in [7, 11) is -3.68. The highest BCUT2D eigenvalue weighted by atomic mass is 32.2. The van der Waals surface area contributed by atoms with Crippen molar-refractivity contribution in [1.82, 2.24) is 19.7 Å². The van der Waals surface area contributed by atoms with Crippen LogP contribution >= 0.6 is 0 Å². The van der Waals surface area contributed by atoms with Crippen LogP contribution in [0, 0.1) is 5.92 Å². The second-order valence-corrected chi connectivity index (χ2v) is 7.35. The summed E-state index contributed by atoms with van der Waals surface area (Å²) in [6.07, 6.45) is 3.10. The molecule has 0 spiro atoms. The Labute approximate surface area is 135 Å². The van der Waals surface area contributed by atoms with Gasteiger partial charge in [0.2, 0.25) is 10.0 Å². The van der Waals surface area contributed by atoms with Gasteiger partial charge in [-0.3, -0.25) is 4.79 Å². The van der Waals surface area contributed by atoms with E-state index < -0.39 is 10.0 Å². The maximum atomic E-state index is 12.5. The first-order valence-corrected chi connectivity index (χ1v) is 8.75. The lowest BCUT2D eigenvalue weighted by Gasteiger charge is -2.21. The number of hydrogen-bond acceptors (Lipinski definition) is 5. The number of nitrogens with one attached hydrogen (secondary N) is 1. The van der Waals surface area contributed by atoms with E-state index in [1.165, 1.54) is 36.0 Å². The summed E-state index contributed by atoms with van der Waals surface area (Å²) in [5.74, 6) is -0.0426. The highest BCUT2D eigenvalue weighted by molar-refractivity contribution is 7.89. The van der Waals surface area contributed by atoms with Crippen molar-refractivity contribution in [3.63, 3.8) is 0 Å². The molecule has 0 saturated heterocycles. The zero-order valence-corrected chi connectivity index (χ0v) is 14.1. The maximum Gasteiger partial charge on any atom is 0.240 e. The van der Waals surface area contributed by atoms with Gasteiger partial charge >= 0.3 is 0 Å². The van der Waals surface area contributed by atoms with Crippen molar-refractivity contribution in [2.45, 2.75) is 38.3 Å². The van der Waals surface area contributed by atoms with Crippen LogP contribution in [0.5, 0.6) is 0 Å². The molecule has 0 bridgehead atoms. The van der Waals surface area contributed by atoms with Crippen LogP contribution in [0.3, 0.4) is 0 Å². The van der Waals surface area contributed by atoms with Gasteiger partial charge in [-0.1, -0.05) is 26.0 Å². The molecule has 124 valence electrons. The average molecular weight is 336 g/mol. The van der Waals surface area contributed by atoms with Crippen LogP contribution in [0.25, 0.3) is 0 Å². The largest absolute Gasteiger partial charge is 0.295 e. The number of Topliss-reactive ketones (excluding diaryl/α,β-unsaturated/α-hetero) is 1. The molecule has 0 aliphatic heterocycles. The minimum Gasteiger partial charge on any atom is -0.295 e. The fourth-order valence-corrected chi connectivity index (χ4v) is 3.41. The van der Waals surface area contributed by atoms with Gasteiger partial charge in [-0.15, -0.1) is 0 Å². The third-order valence-electron chi connectivity index (χ3n) is 3.51. The molecule has 0 radical (unpaired) electrons. The van der Waals surface area contributed by atoms with Crippen LogP contribution in [0.2, 0.25) is 0 Å². The predicted octanol–water partition coefficient (Wildman–Crippen LogP) is 1.48. The van der Waals surface area contributed by atoms with Crippen molar-refractivity contribution in [3.05, 3.63) is 42.2 Å². The Morgan fingerprint density at radius 2 is 1.74 bits per heavy atom. The first kappa shape index (κ1) is 17.3. The van der Waals surface area contributed by atoms with E-state index in [4.69, 9.17) is 0 Å². The van der Waals surface area contributed by atoms with Crippen molar-refractivity contribution in [2.75, 3.05) is 0 Å². The van der Waals surface area contributed by atoms with E-state index in [1.807, 2.05) is 13.8 Å². The number of hydrogen-bond donors (Lipinski definition) is 1. The van der Waals surface area contributed by atoms with Crippen molar-refractivity contribution >= 4 is 15.8 Å². The Bertz CT molecular complexity index is 753. The topological polar surface area (TPSA) is 94.0 Å². The lowest BCUT2D eigenvalue weighted by Crippen LogP contribution is -2.41. The fraction of sp³-hybridized carbons (Fsp3) is 0.400. The first-order chi connectivity index (χ1) is 10.8. The molecule has 0 saturated carbocycles. The maximum absolute atomic E-state index is 12.5. The minimum absolute atomic E-state index is 0.0623. The monoisotopic (exact) mass is 336 g/mol. The normalized spacial score (nSPS) is 13.2. The minimum atomic E-state index is -3.68. The van der Waals surface area contributed by atoms with E-state index in [9.17, 15) is 13.2 Å². The zero-order valence-electron chi connectivity index (χ0n) is 13.3. The number of ketones is 1. The van der Waals surface area contributed by atoms with Gasteiger partial charge in [0, 0.05) is 11.6 Å². The fourth-order valence-electron chi connectivity index (χ4n) is 2.03. The van der Waals surface area contributed by atoms with E-state index in [-0.39, 0.29) is 22.6 Å². The predicted molar refractivity (Wildman–Crippen MR) is 85.4 cm³/mol. The summed E-state index contributed by atoms with van der Waals surface area (Å²) in [6, 6.07) is 5.54. The molecule has 2 rings (SSSR count). The number of aromatic nitrogens is 3. The molecule has 8 heteroatoms. The van der Waals surface area contributed by atoms with E-state index in [2.05, 4.69) is 14.9 Å². The first-order valence-electron chi connectivity index (χ1n) is 7.27. The van der Waals surface area contributed by atoms with Gasteiger partial charge in [-0.25, -0.2) is 13.1 Å². The summed E-state index contributed by atoms with van der Waals surface area (Å²) in [5.41, 5.74) is 0.477. The molecule has 0 unspecified atom stereocenters. The van der Waals surface area contributed by atoms with Crippen LogP contribution in [-0.4, -0.2) is 35.2 Å². The van der Waals surface area contributed by atoms with Gasteiger partial charge in [0.25, 0.3) is 0 Å². The van der Waals surface area contributed by atoms with Crippen LogP contribution in [0.15, 0.2) is 41.6 Å². The average Bonchev–Trinajstić information content (AvgIpc) is 2.99. The summed E-state index contributed by atoms with van der Waals surface area (Å²) in [4.78, 5) is 12.8. The van der Waals surface area contributed by atoms with Crippen molar-refractivity contribution in [1.29, 1.82) is 0 Å². The number of sulfonamides is 1. The van der Waals surface area contributed by atoms with E-state index in [0.717, 1.165) is 0 Å². The molecular formula is C15H20N4O3S. The highest BCUT2D eigenvalue weighted by Gasteiger charge is 2.23. The standard InChI is InChI=1S/C15H20N4O3S/c1-11(2)15(10-19-16-8-9-17-19)18-23(21,22)14-6-4-13(5-7-14)12(3)20/h4-9,11,15,18H,10H2,1-3H3/t15-/m1/s1. The van der Waals surface area contributed by atoms with Gasteiger partial charge in [0.05, 0.1) is 23.8 Å². The Kier molecular flexibility index (Phi) is 5.27. The second kappa shape index (κ2) is 7.01. The molecule has 2 aromatic rings. The smallest absolute Gasteiger partial charge is 0.240 e. The highest BCUT2D eigenvalue weighted by Crippen LogP contribution is 2.14. The lowest BCUT2D eigenvalue weighted by atomic mass is 10.1. The molecule has 0 aliphatic carbocycles. The molecule has 0 amide bonds. The molecule has 1 N–H and O–H groups in total. The van der Waals surface area contributed by atoms with E-state index >= 15 is 0 Å². The molecule has 0 fully saturated rings. The summed E-state index contributed by atoms with van der Waals surface area (Å²) in [6.45, 7) is 5.63. The molecular weight excluding hydrogens is 316 g/mol. The van der Waals surface area contributed by atoms with Gasteiger partial charge in [0.15, 0.2) is 5.78 Å². The van der Waals surface area contributed by atoms with Crippen molar-refractivity contribution in [3.8, 4) is 0 Å². The number of carbonyl (C=O) groups excluding carboxylic acids is 1. The molecule has 1 aromatic heterocycles. The number of carbonyl (C=O) groups is 1. The van der Waals surface area contributed by atoms with E-state index in [0.29, 0.717) is 12.1 Å². The molecule has 1 atom stereocenters. The summed E-state index contributed by atoms with van der Waals surface area (Å²) >= 11 is 0. The molecule has 23 heavy (non-hydrogen) atoms. The Morgan fingerprint density at radius 3 is 2.22 bits per heavy atom. The third kappa shape index (κ3) is 4.46. The summed E-state index contributed by atoms with van der Waals surface area (Å²) in [5, 5.41) is 8.01. The second-order valence-electron chi connectivity index (χ2n) is 5.64. The van der Waals surface area contributed by atoms with Crippen LogP contribution in [-0.2, 0) is 16.6 Å². The van der Waals surface area contributed by atoms with Gasteiger partial charge in [0.1, 0.15) is 0 Å². The van der Waals surface area contributed by atoms with Gasteiger partial charge in [-0.2, -0.15) is 15.0 Å². The SMILES string of the molecule is CC(=O)c1ccc(S(=O)(=O)N[C@H](Cn2nccn2)C(C)C)cc1. The van der Waals surface area contributed by atoms with Crippen molar-refractivity contribution < 1.29 is 13.2 Å². The van der Waals surface area contributed by atoms with Crippen LogP contribution in [0.1, 0.15) is 31.1 Å². The molecule has 7 nitrogen and oxygen atoms in total. The molecule has 1 aromatic carbocycles. The quantitative estimate of drug-likeness (QED) is 0.773. The number of rotatable bonds is 7. The number of benzene rings is 1. The molecule has 0 aliphatic rings. The van der Waals surface area contributed by atoms with E-state index in [1.54, 1.807) is 12.4 Å². The third-order valence-corrected chi connectivity index (χ3v) is 5.01. The Balaban J connectivity index is 2.18. The Morgan fingerprint density at radius 1 is 1.17 bits per heavy atom. The van der Waals surface area contributed by atoms with Crippen molar-refractivity contribution in [2.24, 2.45) is 5.92 Å². The lowest BCUT2D eigenvalue weighted by molar-refractivity contribution is 0.101. The van der Waals surface area contributed by atoms with Gasteiger partial charge < -0.3 is 0 Å². The van der Waals surface area contributed by atoms with Crippen LogP contribution in [0.4, 0.5) is 0 Å². The van der Waals surface area contributed by atoms with Gasteiger partial charge in [-0.05, 0) is 25.0 Å². The number of nitrogens with zero attached hydrogens (tertiary/aromatic N) is 3.